The van der Waals surface area contributed by atoms with E-state index in [1.807, 2.05) is 28.9 Å². The fourth-order valence-electron chi connectivity index (χ4n) is 3.90. The van der Waals surface area contributed by atoms with Crippen molar-refractivity contribution < 1.29 is 24.2 Å². The number of benzene rings is 1. The summed E-state index contributed by atoms with van der Waals surface area (Å²) in [6, 6.07) is 5.60. The molecule has 34 heavy (non-hydrogen) atoms. The summed E-state index contributed by atoms with van der Waals surface area (Å²) in [6.45, 7) is 1.45. The number of halogens is 1. The quantitative estimate of drug-likeness (QED) is 0.403. The molecule has 0 saturated carbocycles. The van der Waals surface area contributed by atoms with E-state index in [4.69, 9.17) is 24.5 Å². The van der Waals surface area contributed by atoms with Gasteiger partial charge in [0.1, 0.15) is 17.3 Å². The van der Waals surface area contributed by atoms with Crippen molar-refractivity contribution in [1.82, 2.24) is 25.0 Å². The number of nitrogens with one attached hydrogen (secondary N) is 2. The van der Waals surface area contributed by atoms with Crippen molar-refractivity contribution in [2.24, 2.45) is 0 Å². The van der Waals surface area contributed by atoms with Gasteiger partial charge in [0, 0.05) is 56.1 Å². The number of hydrogen-bond acceptors (Lipinski definition) is 7. The second-order valence-electron chi connectivity index (χ2n) is 7.79. The predicted molar refractivity (Wildman–Crippen MR) is 129 cm³/mol. The molecule has 0 bridgehead atoms. The van der Waals surface area contributed by atoms with Crippen LogP contribution in [-0.4, -0.2) is 71.4 Å². The summed E-state index contributed by atoms with van der Waals surface area (Å²) >= 11 is 3.51. The lowest BCUT2D eigenvalue weighted by atomic mass is 10.1. The Balaban J connectivity index is 1.47. The molecule has 1 fully saturated rings. The summed E-state index contributed by atoms with van der Waals surface area (Å²) in [6.07, 6.45) is 3.54. The molecule has 11 nitrogen and oxygen atoms in total. The molecule has 3 heterocycles. The normalized spacial score (nSPS) is 15.4. The Labute approximate surface area is 204 Å². The first kappa shape index (κ1) is 23.6. The number of ether oxygens (including phenoxy) is 2. The molecule has 2 amide bonds. The van der Waals surface area contributed by atoms with Crippen LogP contribution in [0.5, 0.6) is 11.5 Å². The molecule has 3 aromatic rings. The number of amides is 2. The van der Waals surface area contributed by atoms with E-state index in [1.165, 1.54) is 0 Å². The Hall–Kier alpha value is -3.54. The highest BCUT2D eigenvalue weighted by Gasteiger charge is 2.25. The molecule has 1 unspecified atom stereocenters. The molecule has 12 heteroatoms. The van der Waals surface area contributed by atoms with Gasteiger partial charge in [-0.3, -0.25) is 9.20 Å². The van der Waals surface area contributed by atoms with Crippen LogP contribution in [-0.2, 0) is 4.79 Å². The number of nitrogens with zero attached hydrogens (tertiary/aromatic N) is 4. The van der Waals surface area contributed by atoms with Crippen LogP contribution in [0.3, 0.4) is 0 Å². The zero-order valence-corrected chi connectivity index (χ0v) is 20.3. The van der Waals surface area contributed by atoms with Crippen molar-refractivity contribution in [3.05, 3.63) is 35.1 Å². The van der Waals surface area contributed by atoms with Gasteiger partial charge >= 0.3 is 6.09 Å². The van der Waals surface area contributed by atoms with Crippen LogP contribution in [0.25, 0.3) is 17.0 Å². The van der Waals surface area contributed by atoms with Crippen molar-refractivity contribution in [3.8, 4) is 22.8 Å². The molecular formula is C22H25BrN6O5. The third kappa shape index (κ3) is 5.16. The van der Waals surface area contributed by atoms with E-state index in [0.29, 0.717) is 29.5 Å². The lowest BCUT2D eigenvalue weighted by Gasteiger charge is -2.18. The molecule has 0 aliphatic carbocycles. The van der Waals surface area contributed by atoms with E-state index in [-0.39, 0.29) is 24.9 Å². The standard InChI is InChI=1S/C22H25BrN6O5/c1-33-17-10-18(34-2)15(23)9-14(17)16-12-29-8-5-19(27-21(29)26-16)28-7-4-13(11-28)25-20(30)3-6-24-22(31)32/h5,8-10,12-13,24H,3-4,6-7,11H2,1-2H3,(H,25,30)(H,31,32). The summed E-state index contributed by atoms with van der Waals surface area (Å²) in [5.74, 6) is 2.45. The van der Waals surface area contributed by atoms with Gasteiger partial charge in [0.2, 0.25) is 11.7 Å². The van der Waals surface area contributed by atoms with E-state index in [0.717, 1.165) is 28.8 Å². The third-order valence-corrected chi connectivity index (χ3v) is 6.19. The van der Waals surface area contributed by atoms with Gasteiger partial charge in [-0.1, -0.05) is 0 Å². The summed E-state index contributed by atoms with van der Waals surface area (Å²) in [5, 5.41) is 13.7. The SMILES string of the molecule is COc1cc(OC)c(-c2cn3ccc(N4CCC(NC(=O)CCNC(=O)O)C4)nc3n2)cc1Br. The number of fused-ring (bicyclic) bond motifs is 1. The summed E-state index contributed by atoms with van der Waals surface area (Å²) in [4.78, 5) is 34.0. The summed E-state index contributed by atoms with van der Waals surface area (Å²) < 4.78 is 13.5. The number of imidazole rings is 1. The minimum atomic E-state index is -1.14. The molecule has 1 aromatic carbocycles. The van der Waals surface area contributed by atoms with Gasteiger partial charge in [-0.25, -0.2) is 9.78 Å². The second-order valence-corrected chi connectivity index (χ2v) is 8.64. The third-order valence-electron chi connectivity index (χ3n) is 5.57. The smallest absolute Gasteiger partial charge is 0.404 e. The van der Waals surface area contributed by atoms with E-state index < -0.39 is 6.09 Å². The Morgan fingerprint density at radius 2 is 2.03 bits per heavy atom. The molecule has 1 aliphatic rings. The van der Waals surface area contributed by atoms with Crippen molar-refractivity contribution in [3.63, 3.8) is 0 Å². The number of aromatic nitrogens is 3. The van der Waals surface area contributed by atoms with Crippen LogP contribution >= 0.6 is 15.9 Å². The number of carbonyl (C=O) groups is 2. The molecule has 2 aromatic heterocycles. The first-order valence-corrected chi connectivity index (χ1v) is 11.5. The predicted octanol–water partition coefficient (Wildman–Crippen LogP) is 2.53. The Morgan fingerprint density at radius 1 is 1.24 bits per heavy atom. The maximum absolute atomic E-state index is 12.0. The number of hydrogen-bond donors (Lipinski definition) is 3. The number of carboxylic acid groups (broad SMARTS) is 1. The lowest BCUT2D eigenvalue weighted by molar-refractivity contribution is -0.121. The minimum Gasteiger partial charge on any atom is -0.496 e. The van der Waals surface area contributed by atoms with Crippen molar-refractivity contribution in [2.45, 2.75) is 18.9 Å². The van der Waals surface area contributed by atoms with Crippen LogP contribution < -0.4 is 25.0 Å². The zero-order chi connectivity index (χ0) is 24.2. The molecule has 0 radical (unpaired) electrons. The van der Waals surface area contributed by atoms with Crippen LogP contribution in [0.4, 0.5) is 10.6 Å². The van der Waals surface area contributed by atoms with E-state index in [2.05, 4.69) is 31.5 Å². The van der Waals surface area contributed by atoms with Crippen molar-refractivity contribution in [1.29, 1.82) is 0 Å². The maximum atomic E-state index is 12.0. The first-order chi connectivity index (χ1) is 16.4. The fourth-order valence-corrected chi connectivity index (χ4v) is 4.40. The Morgan fingerprint density at radius 3 is 2.76 bits per heavy atom. The van der Waals surface area contributed by atoms with Crippen LogP contribution in [0.2, 0.25) is 0 Å². The highest BCUT2D eigenvalue weighted by Crippen LogP contribution is 2.38. The summed E-state index contributed by atoms with van der Waals surface area (Å²) in [5.41, 5.74) is 1.52. The lowest BCUT2D eigenvalue weighted by Crippen LogP contribution is -2.38. The number of methoxy groups -OCH3 is 2. The summed E-state index contributed by atoms with van der Waals surface area (Å²) in [7, 11) is 3.20. The second kappa shape index (κ2) is 10.2. The molecule has 1 saturated heterocycles. The van der Waals surface area contributed by atoms with Crippen LogP contribution in [0, 0.1) is 0 Å². The van der Waals surface area contributed by atoms with Crippen molar-refractivity contribution in [2.75, 3.05) is 38.8 Å². The van der Waals surface area contributed by atoms with Crippen LogP contribution in [0.1, 0.15) is 12.8 Å². The van der Waals surface area contributed by atoms with Gasteiger partial charge in [0.05, 0.1) is 24.4 Å². The van der Waals surface area contributed by atoms with E-state index in [9.17, 15) is 9.59 Å². The number of rotatable bonds is 8. The average molecular weight is 533 g/mol. The fraction of sp³-hybridized carbons (Fsp3) is 0.364. The van der Waals surface area contributed by atoms with Gasteiger partial charge in [-0.05, 0) is 34.5 Å². The molecule has 1 aliphatic heterocycles. The van der Waals surface area contributed by atoms with Crippen molar-refractivity contribution >= 4 is 39.5 Å². The molecule has 1 atom stereocenters. The maximum Gasteiger partial charge on any atom is 0.404 e. The Bertz CT molecular complexity index is 1220. The van der Waals surface area contributed by atoms with Gasteiger partial charge < -0.3 is 30.1 Å². The van der Waals surface area contributed by atoms with E-state index >= 15 is 0 Å². The average Bonchev–Trinajstić information content (AvgIpc) is 3.45. The molecule has 3 N–H and O–H groups in total. The molecule has 4 rings (SSSR count). The molecule has 180 valence electrons. The van der Waals surface area contributed by atoms with Gasteiger partial charge in [-0.2, -0.15) is 4.98 Å². The first-order valence-electron chi connectivity index (χ1n) is 10.7. The largest absolute Gasteiger partial charge is 0.496 e. The van der Waals surface area contributed by atoms with Crippen LogP contribution in [0.15, 0.2) is 35.1 Å². The molecular weight excluding hydrogens is 508 g/mol. The highest BCUT2D eigenvalue weighted by atomic mass is 79.9. The number of anilines is 1. The van der Waals surface area contributed by atoms with Gasteiger partial charge in [-0.15, -0.1) is 0 Å². The van der Waals surface area contributed by atoms with Gasteiger partial charge in [0.15, 0.2) is 0 Å². The minimum absolute atomic E-state index is 0.0217. The monoisotopic (exact) mass is 532 g/mol. The topological polar surface area (TPSA) is 130 Å². The van der Waals surface area contributed by atoms with E-state index in [1.54, 1.807) is 20.3 Å². The Kier molecular flexibility index (Phi) is 7.06. The molecule has 0 spiro atoms. The number of carbonyl (C=O) groups excluding carboxylic acids is 1. The zero-order valence-electron chi connectivity index (χ0n) is 18.7. The highest BCUT2D eigenvalue weighted by molar-refractivity contribution is 9.10. The van der Waals surface area contributed by atoms with Gasteiger partial charge in [0.25, 0.3) is 0 Å².